The molecule has 25 heavy (non-hydrogen) atoms. The van der Waals surface area contributed by atoms with Gasteiger partial charge in [-0.3, -0.25) is 9.59 Å². The fourth-order valence-electron chi connectivity index (χ4n) is 2.43. The summed E-state index contributed by atoms with van der Waals surface area (Å²) in [6.45, 7) is 2.50. The minimum atomic E-state index is -0.482. The fourth-order valence-corrected chi connectivity index (χ4v) is 2.43. The molecule has 3 aromatic rings. The van der Waals surface area contributed by atoms with Crippen molar-refractivity contribution in [3.63, 3.8) is 0 Å². The molecule has 0 aliphatic carbocycles. The van der Waals surface area contributed by atoms with E-state index in [1.54, 1.807) is 36.4 Å². The van der Waals surface area contributed by atoms with E-state index in [1.165, 1.54) is 17.2 Å². The highest BCUT2D eigenvalue weighted by atomic mass is 16.3. The van der Waals surface area contributed by atoms with Gasteiger partial charge in [0.1, 0.15) is 5.76 Å². The van der Waals surface area contributed by atoms with Gasteiger partial charge in [-0.05, 0) is 24.6 Å². The van der Waals surface area contributed by atoms with Crippen LogP contribution >= 0.6 is 0 Å². The third-order valence-corrected chi connectivity index (χ3v) is 3.71. The first kappa shape index (κ1) is 16.6. The first-order valence-electron chi connectivity index (χ1n) is 8.07. The van der Waals surface area contributed by atoms with E-state index < -0.39 is 5.91 Å². The molecule has 3 rings (SSSR count). The normalized spacial score (nSPS) is 11.2. The number of hydrazone groups is 1. The molecule has 0 unspecified atom stereocenters. The molecule has 2 heterocycles. The van der Waals surface area contributed by atoms with Crippen molar-refractivity contribution in [3.05, 3.63) is 64.5 Å². The van der Waals surface area contributed by atoms with Crippen LogP contribution in [0.1, 0.15) is 36.0 Å². The summed E-state index contributed by atoms with van der Waals surface area (Å²) in [6, 6.07) is 10.4. The number of hydrogen-bond donors (Lipinski definition) is 1. The molecule has 0 spiro atoms. The lowest BCUT2D eigenvalue weighted by atomic mass is 10.1. The molecule has 0 aliphatic rings. The van der Waals surface area contributed by atoms with Gasteiger partial charge in [0, 0.05) is 11.9 Å². The van der Waals surface area contributed by atoms with Gasteiger partial charge in [0.2, 0.25) is 0 Å². The highest BCUT2D eigenvalue weighted by molar-refractivity contribution is 6.04. The first-order valence-corrected chi connectivity index (χ1v) is 8.07. The third kappa shape index (κ3) is 3.65. The maximum absolute atomic E-state index is 12.5. The zero-order valence-electron chi connectivity index (χ0n) is 13.8. The number of carbonyl (C=O) groups is 1. The molecule has 0 fully saturated rings. The number of carbonyl (C=O) groups excluding carboxylic acids is 1. The topological polar surface area (TPSA) is 89.5 Å². The van der Waals surface area contributed by atoms with Gasteiger partial charge in [-0.15, -0.1) is 0 Å². The summed E-state index contributed by atoms with van der Waals surface area (Å²) < 4.78 is 6.45. The van der Waals surface area contributed by atoms with Gasteiger partial charge in [0.05, 0.1) is 17.9 Å². The number of rotatable bonds is 6. The molecule has 7 nitrogen and oxygen atoms in total. The Hall–Kier alpha value is -3.22. The molecule has 0 aliphatic heterocycles. The van der Waals surface area contributed by atoms with Crippen molar-refractivity contribution in [1.82, 2.24) is 15.2 Å². The number of amides is 1. The number of benzene rings is 1. The van der Waals surface area contributed by atoms with Gasteiger partial charge < -0.3 is 4.42 Å². The van der Waals surface area contributed by atoms with Crippen LogP contribution in [0, 0.1) is 0 Å². The Morgan fingerprint density at radius 1 is 1.28 bits per heavy atom. The Morgan fingerprint density at radius 3 is 2.80 bits per heavy atom. The van der Waals surface area contributed by atoms with Gasteiger partial charge in [-0.25, -0.2) is 10.1 Å². The van der Waals surface area contributed by atoms with E-state index >= 15 is 0 Å². The summed E-state index contributed by atoms with van der Waals surface area (Å²) in [6.07, 6.45) is 4.65. The van der Waals surface area contributed by atoms with Crippen molar-refractivity contribution in [2.75, 3.05) is 0 Å². The number of nitrogens with zero attached hydrogens (tertiary/aromatic N) is 3. The maximum Gasteiger partial charge on any atom is 0.292 e. The van der Waals surface area contributed by atoms with E-state index in [-0.39, 0.29) is 11.3 Å². The van der Waals surface area contributed by atoms with E-state index in [2.05, 4.69) is 15.6 Å². The van der Waals surface area contributed by atoms with Crippen molar-refractivity contribution in [1.29, 1.82) is 0 Å². The van der Waals surface area contributed by atoms with Gasteiger partial charge >= 0.3 is 0 Å². The smallest absolute Gasteiger partial charge is 0.292 e. The van der Waals surface area contributed by atoms with Gasteiger partial charge in [0.15, 0.2) is 5.69 Å². The largest absolute Gasteiger partial charge is 0.463 e. The van der Waals surface area contributed by atoms with Crippen LogP contribution in [0.3, 0.4) is 0 Å². The number of aryl methyl sites for hydroxylation is 1. The fraction of sp³-hybridized carbons (Fsp3) is 0.222. The predicted octanol–water partition coefficient (Wildman–Crippen LogP) is 2.55. The molecule has 0 saturated carbocycles. The molecule has 1 amide bonds. The summed E-state index contributed by atoms with van der Waals surface area (Å²) in [4.78, 5) is 25.0. The lowest BCUT2D eigenvalue weighted by Gasteiger charge is -2.09. The summed E-state index contributed by atoms with van der Waals surface area (Å²) in [5, 5.41) is 9.09. The van der Waals surface area contributed by atoms with Crippen LogP contribution in [0.4, 0.5) is 0 Å². The Kier molecular flexibility index (Phi) is 5.03. The number of furan rings is 1. The first-order chi connectivity index (χ1) is 12.2. The van der Waals surface area contributed by atoms with Crippen LogP contribution in [0.2, 0.25) is 0 Å². The maximum atomic E-state index is 12.5. The molecule has 0 saturated heterocycles. The van der Waals surface area contributed by atoms with Crippen LogP contribution < -0.4 is 11.0 Å². The SMILES string of the molecule is CCCCn1nc(C(=O)N/N=C/c2ccco2)c2ccccc2c1=O. The average molecular weight is 338 g/mol. The van der Waals surface area contributed by atoms with Gasteiger partial charge in [-0.2, -0.15) is 10.2 Å². The molecule has 7 heteroatoms. The molecule has 128 valence electrons. The Labute approximate surface area is 144 Å². The molecule has 0 bridgehead atoms. The van der Waals surface area contributed by atoms with E-state index in [9.17, 15) is 9.59 Å². The van der Waals surface area contributed by atoms with Crippen molar-refractivity contribution in [2.24, 2.45) is 5.10 Å². The Morgan fingerprint density at radius 2 is 2.08 bits per heavy atom. The van der Waals surface area contributed by atoms with Crippen LogP contribution in [0.25, 0.3) is 10.8 Å². The summed E-state index contributed by atoms with van der Waals surface area (Å²) >= 11 is 0. The summed E-state index contributed by atoms with van der Waals surface area (Å²) in [5.74, 6) is 0.0373. The molecular weight excluding hydrogens is 320 g/mol. The van der Waals surface area contributed by atoms with Crippen LogP contribution in [-0.2, 0) is 6.54 Å². The zero-order chi connectivity index (χ0) is 17.6. The van der Waals surface area contributed by atoms with Crippen molar-refractivity contribution < 1.29 is 9.21 Å². The minimum Gasteiger partial charge on any atom is -0.463 e. The highest BCUT2D eigenvalue weighted by Gasteiger charge is 2.16. The Bertz CT molecular complexity index is 958. The van der Waals surface area contributed by atoms with Crippen molar-refractivity contribution in [2.45, 2.75) is 26.3 Å². The van der Waals surface area contributed by atoms with Crippen LogP contribution in [0.5, 0.6) is 0 Å². The number of aromatic nitrogens is 2. The quantitative estimate of drug-likeness (QED) is 0.552. The monoisotopic (exact) mass is 338 g/mol. The number of unbranched alkanes of at least 4 members (excludes halogenated alkanes) is 1. The van der Waals surface area contributed by atoms with E-state index in [0.29, 0.717) is 23.1 Å². The molecule has 0 radical (unpaired) electrons. The zero-order valence-corrected chi connectivity index (χ0v) is 13.8. The van der Waals surface area contributed by atoms with Gasteiger partial charge in [0.25, 0.3) is 11.5 Å². The van der Waals surface area contributed by atoms with Crippen LogP contribution in [0.15, 0.2) is 57.0 Å². The standard InChI is InChI=1S/C18H18N4O3/c1-2-3-10-22-18(24)15-9-5-4-8-14(15)16(21-22)17(23)20-19-12-13-7-6-11-25-13/h4-9,11-12H,2-3,10H2,1H3,(H,20,23)/b19-12+. The van der Waals surface area contributed by atoms with E-state index in [0.717, 1.165) is 12.8 Å². The van der Waals surface area contributed by atoms with Crippen molar-refractivity contribution in [3.8, 4) is 0 Å². The molecule has 0 atom stereocenters. The predicted molar refractivity (Wildman–Crippen MR) is 94.7 cm³/mol. The van der Waals surface area contributed by atoms with E-state index in [4.69, 9.17) is 4.42 Å². The van der Waals surface area contributed by atoms with E-state index in [1.807, 2.05) is 6.92 Å². The average Bonchev–Trinajstić information content (AvgIpc) is 3.14. The summed E-state index contributed by atoms with van der Waals surface area (Å²) in [5.41, 5.74) is 2.40. The molecule has 2 aromatic heterocycles. The highest BCUT2D eigenvalue weighted by Crippen LogP contribution is 2.13. The second-order valence-corrected chi connectivity index (χ2v) is 5.49. The number of hydrogen-bond acceptors (Lipinski definition) is 5. The lowest BCUT2D eigenvalue weighted by Crippen LogP contribution is -2.29. The number of nitrogens with one attached hydrogen (secondary N) is 1. The minimum absolute atomic E-state index is 0.169. The lowest BCUT2D eigenvalue weighted by molar-refractivity contribution is 0.0949. The molecule has 1 N–H and O–H groups in total. The number of fused-ring (bicyclic) bond motifs is 1. The van der Waals surface area contributed by atoms with Crippen molar-refractivity contribution >= 4 is 22.9 Å². The third-order valence-electron chi connectivity index (χ3n) is 3.71. The summed E-state index contributed by atoms with van der Waals surface area (Å²) in [7, 11) is 0. The molecular formula is C18H18N4O3. The second-order valence-electron chi connectivity index (χ2n) is 5.49. The van der Waals surface area contributed by atoms with Crippen LogP contribution in [-0.4, -0.2) is 21.9 Å². The van der Waals surface area contributed by atoms with Gasteiger partial charge in [-0.1, -0.05) is 31.5 Å². The molecule has 1 aromatic carbocycles. The second kappa shape index (κ2) is 7.57. The Balaban J connectivity index is 1.94.